The molecule has 0 bridgehead atoms. The van der Waals surface area contributed by atoms with Crippen LogP contribution in [0.4, 0.5) is 0 Å². The summed E-state index contributed by atoms with van der Waals surface area (Å²) in [6.45, 7) is 0. The highest BCUT2D eigenvalue weighted by molar-refractivity contribution is 7.72. The van der Waals surface area contributed by atoms with E-state index in [4.69, 9.17) is 33.9 Å². The summed E-state index contributed by atoms with van der Waals surface area (Å²) in [7, 11) is 3.17. The van der Waals surface area contributed by atoms with Crippen molar-refractivity contribution >= 4 is 35.3 Å². The van der Waals surface area contributed by atoms with Crippen molar-refractivity contribution in [3.8, 4) is 11.5 Å². The number of aromatic nitrogens is 2. The van der Waals surface area contributed by atoms with Crippen LogP contribution in [0.3, 0.4) is 0 Å². The molecule has 1 aromatic carbocycles. The molecule has 0 atom stereocenters. The first-order valence-electron chi connectivity index (χ1n) is 4.54. The normalized spacial score (nSPS) is 10.4. The minimum atomic E-state index is 0.490. The Bertz CT molecular complexity index is 645. The maximum absolute atomic E-state index is 5.20. The minimum Gasteiger partial charge on any atom is -0.493 e. The number of nitrogens with one attached hydrogen (secondary N) is 2. The summed E-state index contributed by atoms with van der Waals surface area (Å²) in [5.41, 5.74) is 0.825. The summed E-state index contributed by atoms with van der Waals surface area (Å²) in [6.07, 6.45) is 0. The monoisotopic (exact) mass is 254 g/mol. The Morgan fingerprint density at radius 2 is 1.62 bits per heavy atom. The molecule has 0 spiro atoms. The quantitative estimate of drug-likeness (QED) is 0.809. The lowest BCUT2D eigenvalue weighted by atomic mass is 10.2. The highest BCUT2D eigenvalue weighted by atomic mass is 32.1. The summed E-state index contributed by atoms with van der Waals surface area (Å²) in [5, 5.41) is 0.848. The molecular formula is C10H10N2O2S2. The van der Waals surface area contributed by atoms with Crippen LogP contribution in [0.15, 0.2) is 12.1 Å². The van der Waals surface area contributed by atoms with Crippen molar-refractivity contribution in [2.75, 3.05) is 14.2 Å². The van der Waals surface area contributed by atoms with Crippen molar-refractivity contribution in [3.63, 3.8) is 0 Å². The second-order valence-corrected chi connectivity index (χ2v) is 3.98. The Hall–Kier alpha value is -1.40. The van der Waals surface area contributed by atoms with Gasteiger partial charge in [-0.3, -0.25) is 0 Å². The molecule has 0 amide bonds. The van der Waals surface area contributed by atoms with Crippen LogP contribution in [0.1, 0.15) is 0 Å². The molecule has 1 heterocycles. The molecule has 6 heteroatoms. The zero-order chi connectivity index (χ0) is 11.7. The molecule has 0 unspecified atom stereocenters. The Morgan fingerprint density at radius 3 is 2.25 bits per heavy atom. The molecule has 0 radical (unpaired) electrons. The molecule has 2 N–H and O–H groups in total. The van der Waals surface area contributed by atoms with Gasteiger partial charge in [0.05, 0.1) is 19.7 Å². The van der Waals surface area contributed by atoms with Gasteiger partial charge in [-0.2, -0.15) is 0 Å². The molecule has 2 aromatic rings. The van der Waals surface area contributed by atoms with Gasteiger partial charge in [-0.1, -0.05) is 12.2 Å². The Morgan fingerprint density at radius 1 is 1.00 bits per heavy atom. The summed E-state index contributed by atoms with van der Waals surface area (Å²) in [6, 6.07) is 3.63. The number of hydrogen-bond acceptors (Lipinski definition) is 4. The third kappa shape index (κ3) is 1.81. The van der Waals surface area contributed by atoms with E-state index in [1.54, 1.807) is 14.2 Å². The summed E-state index contributed by atoms with van der Waals surface area (Å²) in [4.78, 5) is 5.89. The molecule has 2 rings (SSSR count). The van der Waals surface area contributed by atoms with E-state index < -0.39 is 0 Å². The fourth-order valence-corrected chi connectivity index (χ4v) is 2.04. The van der Waals surface area contributed by atoms with Gasteiger partial charge in [-0.15, -0.1) is 0 Å². The van der Waals surface area contributed by atoms with Crippen LogP contribution in [0, 0.1) is 9.41 Å². The number of rotatable bonds is 2. The van der Waals surface area contributed by atoms with Gasteiger partial charge >= 0.3 is 0 Å². The zero-order valence-electron chi connectivity index (χ0n) is 8.79. The van der Waals surface area contributed by atoms with E-state index in [2.05, 4.69) is 9.97 Å². The van der Waals surface area contributed by atoms with Crippen molar-refractivity contribution in [2.45, 2.75) is 0 Å². The predicted octanol–water partition coefficient (Wildman–Crippen LogP) is 2.97. The first kappa shape index (κ1) is 11.1. The van der Waals surface area contributed by atoms with Gasteiger partial charge in [-0.25, -0.2) is 0 Å². The van der Waals surface area contributed by atoms with Gasteiger partial charge in [0.25, 0.3) is 0 Å². The van der Waals surface area contributed by atoms with Crippen molar-refractivity contribution in [1.82, 2.24) is 9.97 Å². The average molecular weight is 254 g/mol. The summed E-state index contributed by atoms with van der Waals surface area (Å²) >= 11 is 10.2. The molecule has 4 nitrogen and oxygen atoms in total. The molecule has 16 heavy (non-hydrogen) atoms. The molecule has 0 aliphatic heterocycles. The van der Waals surface area contributed by atoms with Crippen LogP contribution >= 0.6 is 24.4 Å². The van der Waals surface area contributed by atoms with E-state index in [0.29, 0.717) is 20.9 Å². The lowest BCUT2D eigenvalue weighted by molar-refractivity contribution is 0.355. The number of hydrogen-bond donors (Lipinski definition) is 2. The standard InChI is InChI=1S/C10H10N2O2S2/c1-13-7-3-5-6(4-8(7)14-2)11-10(16)12-9(5)15/h3-4H,1-2H3,(H2,11,12,15,16). The lowest BCUT2D eigenvalue weighted by Gasteiger charge is -2.08. The van der Waals surface area contributed by atoms with E-state index in [0.717, 1.165) is 10.9 Å². The van der Waals surface area contributed by atoms with Gasteiger partial charge in [0.2, 0.25) is 0 Å². The van der Waals surface area contributed by atoms with Crippen molar-refractivity contribution in [1.29, 1.82) is 0 Å². The zero-order valence-corrected chi connectivity index (χ0v) is 10.4. The van der Waals surface area contributed by atoms with Crippen molar-refractivity contribution in [3.05, 3.63) is 21.5 Å². The third-order valence-electron chi connectivity index (χ3n) is 2.24. The van der Waals surface area contributed by atoms with Gasteiger partial charge in [0.1, 0.15) is 4.64 Å². The number of benzene rings is 1. The molecule has 0 aliphatic rings. The third-order valence-corrected chi connectivity index (χ3v) is 2.77. The molecule has 1 aromatic heterocycles. The molecule has 84 valence electrons. The molecular weight excluding hydrogens is 244 g/mol. The van der Waals surface area contributed by atoms with Crippen molar-refractivity contribution in [2.24, 2.45) is 0 Å². The number of methoxy groups -OCH3 is 2. The smallest absolute Gasteiger partial charge is 0.175 e. The maximum atomic E-state index is 5.20. The second-order valence-electron chi connectivity index (χ2n) is 3.16. The maximum Gasteiger partial charge on any atom is 0.175 e. The van der Waals surface area contributed by atoms with Gasteiger partial charge in [0, 0.05) is 11.5 Å². The van der Waals surface area contributed by atoms with Gasteiger partial charge < -0.3 is 19.4 Å². The Balaban J connectivity index is 2.88. The van der Waals surface area contributed by atoms with Crippen LogP contribution < -0.4 is 9.47 Å². The lowest BCUT2D eigenvalue weighted by Crippen LogP contribution is -1.93. The highest BCUT2D eigenvalue weighted by Gasteiger charge is 2.07. The summed E-state index contributed by atoms with van der Waals surface area (Å²) in [5.74, 6) is 1.28. The van der Waals surface area contributed by atoms with Crippen LogP contribution in [-0.2, 0) is 0 Å². The fraction of sp³-hybridized carbons (Fsp3) is 0.200. The van der Waals surface area contributed by atoms with Crippen LogP contribution in [0.5, 0.6) is 11.5 Å². The number of aromatic amines is 2. The topological polar surface area (TPSA) is 50.0 Å². The van der Waals surface area contributed by atoms with Gasteiger partial charge in [0.15, 0.2) is 16.3 Å². The summed E-state index contributed by atoms with van der Waals surface area (Å²) < 4.78 is 11.5. The molecule has 0 aliphatic carbocycles. The number of H-pyrrole nitrogens is 2. The van der Waals surface area contributed by atoms with Gasteiger partial charge in [-0.05, 0) is 18.3 Å². The number of fused-ring (bicyclic) bond motifs is 1. The SMILES string of the molecule is COc1cc2[nH]c(=S)[nH]c(=S)c2cc1OC. The highest BCUT2D eigenvalue weighted by Crippen LogP contribution is 2.31. The molecule has 0 saturated carbocycles. The predicted molar refractivity (Wildman–Crippen MR) is 67.4 cm³/mol. The minimum absolute atomic E-state index is 0.490. The Kier molecular flexibility index (Phi) is 2.93. The van der Waals surface area contributed by atoms with E-state index in [1.807, 2.05) is 12.1 Å². The van der Waals surface area contributed by atoms with Crippen LogP contribution in [-0.4, -0.2) is 24.2 Å². The van der Waals surface area contributed by atoms with E-state index in [1.165, 1.54) is 0 Å². The second kappa shape index (κ2) is 4.23. The van der Waals surface area contributed by atoms with Crippen LogP contribution in [0.25, 0.3) is 10.9 Å². The van der Waals surface area contributed by atoms with Crippen LogP contribution in [0.2, 0.25) is 0 Å². The first-order chi connectivity index (χ1) is 7.65. The fourth-order valence-electron chi connectivity index (χ4n) is 1.49. The first-order valence-corrected chi connectivity index (χ1v) is 5.35. The van der Waals surface area contributed by atoms with E-state index >= 15 is 0 Å². The molecule has 0 saturated heterocycles. The van der Waals surface area contributed by atoms with Crippen molar-refractivity contribution < 1.29 is 9.47 Å². The van der Waals surface area contributed by atoms with E-state index in [9.17, 15) is 0 Å². The largest absolute Gasteiger partial charge is 0.493 e. The molecule has 0 fully saturated rings. The Labute approximate surface area is 102 Å². The van der Waals surface area contributed by atoms with E-state index in [-0.39, 0.29) is 0 Å². The number of ether oxygens (including phenoxy) is 2. The average Bonchev–Trinajstić information content (AvgIpc) is 2.27.